The zero-order chi connectivity index (χ0) is 13.3. The summed E-state index contributed by atoms with van der Waals surface area (Å²) < 4.78 is 5.12. The van der Waals surface area contributed by atoms with Crippen molar-refractivity contribution < 1.29 is 14.0 Å². The van der Waals surface area contributed by atoms with E-state index in [1.807, 2.05) is 6.92 Å². The molecular weight excluding hydrogens is 252 g/mol. The molecule has 96 valence electrons. The van der Waals surface area contributed by atoms with Crippen LogP contribution in [-0.4, -0.2) is 27.7 Å². The van der Waals surface area contributed by atoms with Gasteiger partial charge >= 0.3 is 0 Å². The molecule has 0 saturated heterocycles. The molecule has 1 aromatic heterocycles. The van der Waals surface area contributed by atoms with Crippen LogP contribution < -0.4 is 5.73 Å². The predicted molar refractivity (Wildman–Crippen MR) is 69.1 cm³/mol. The Balaban J connectivity index is 2.30. The topological polar surface area (TPSA) is 76.5 Å². The lowest BCUT2D eigenvalue weighted by Gasteiger charge is -2.31. The smallest absolute Gasteiger partial charge is 0.264 e. The summed E-state index contributed by atoms with van der Waals surface area (Å²) in [4.78, 5) is 25.8. The van der Waals surface area contributed by atoms with Crippen LogP contribution >= 0.6 is 12.2 Å². The van der Waals surface area contributed by atoms with Gasteiger partial charge in [-0.1, -0.05) is 19.1 Å². The van der Waals surface area contributed by atoms with Gasteiger partial charge in [-0.15, -0.1) is 0 Å². The second kappa shape index (κ2) is 4.89. The molecule has 1 aliphatic rings. The van der Waals surface area contributed by atoms with Crippen molar-refractivity contribution in [3.8, 4) is 0 Å². The van der Waals surface area contributed by atoms with Gasteiger partial charge in [-0.25, -0.2) is 0 Å². The maximum absolute atomic E-state index is 12.2. The summed E-state index contributed by atoms with van der Waals surface area (Å²) in [5.41, 5.74) is 5.96. The molecule has 0 spiro atoms. The van der Waals surface area contributed by atoms with Crippen LogP contribution in [0.3, 0.4) is 0 Å². The normalized spacial score (nSPS) is 16.6. The van der Waals surface area contributed by atoms with E-state index in [9.17, 15) is 9.59 Å². The highest BCUT2D eigenvalue weighted by atomic mass is 32.1. The summed E-state index contributed by atoms with van der Waals surface area (Å²) in [7, 11) is 0. The Morgan fingerprint density at radius 1 is 1.61 bits per heavy atom. The van der Waals surface area contributed by atoms with Gasteiger partial charge in [0.05, 0.1) is 23.2 Å². The minimum Gasteiger partial charge on any atom is -0.468 e. The van der Waals surface area contributed by atoms with E-state index in [1.54, 1.807) is 6.07 Å². The summed E-state index contributed by atoms with van der Waals surface area (Å²) in [6, 6.07) is 1.32. The van der Waals surface area contributed by atoms with Gasteiger partial charge in [0.2, 0.25) is 5.91 Å². The van der Waals surface area contributed by atoms with Crippen LogP contribution in [-0.2, 0) is 11.2 Å². The van der Waals surface area contributed by atoms with Crippen LogP contribution in [0.4, 0.5) is 0 Å². The number of fused-ring (bicyclic) bond motifs is 1. The summed E-state index contributed by atoms with van der Waals surface area (Å²) in [5, 5.41) is 0. The zero-order valence-electron chi connectivity index (χ0n) is 10.0. The van der Waals surface area contributed by atoms with Gasteiger partial charge in [-0.3, -0.25) is 14.5 Å². The molecule has 1 atom stereocenters. The van der Waals surface area contributed by atoms with Gasteiger partial charge in [0.1, 0.15) is 5.76 Å². The molecule has 1 unspecified atom stereocenters. The van der Waals surface area contributed by atoms with Crippen molar-refractivity contribution in [1.82, 2.24) is 4.90 Å². The maximum atomic E-state index is 12.2. The van der Waals surface area contributed by atoms with Crippen molar-refractivity contribution in [2.24, 2.45) is 5.73 Å². The summed E-state index contributed by atoms with van der Waals surface area (Å²) in [5.74, 6) is -0.143. The number of hydrogen-bond donors (Lipinski definition) is 1. The predicted octanol–water partition coefficient (Wildman–Crippen LogP) is 1.26. The molecule has 2 rings (SSSR count). The van der Waals surface area contributed by atoms with Crippen LogP contribution in [0.25, 0.3) is 0 Å². The number of carbonyl (C=O) groups excluding carboxylic acids is 2. The van der Waals surface area contributed by atoms with Crippen LogP contribution in [0.2, 0.25) is 0 Å². The molecule has 0 radical (unpaired) electrons. The van der Waals surface area contributed by atoms with Crippen molar-refractivity contribution in [1.29, 1.82) is 0 Å². The first-order valence-electron chi connectivity index (χ1n) is 5.75. The Hall–Kier alpha value is -1.69. The minimum atomic E-state index is -0.321. The molecule has 5 nitrogen and oxygen atoms in total. The molecule has 0 fully saturated rings. The summed E-state index contributed by atoms with van der Waals surface area (Å²) >= 11 is 4.86. The Kier molecular flexibility index (Phi) is 3.47. The second-order valence-corrected chi connectivity index (χ2v) is 4.76. The van der Waals surface area contributed by atoms with Crippen LogP contribution in [0.15, 0.2) is 16.7 Å². The number of nitrogens with zero attached hydrogens (tertiary/aromatic N) is 1. The Morgan fingerprint density at radius 3 is 2.94 bits per heavy atom. The number of thiocarbonyl (C=S) groups is 1. The SMILES string of the molecule is CCC(CC(N)=S)N1C(=O)Cc2occc2C1=O. The lowest BCUT2D eigenvalue weighted by molar-refractivity contribution is -0.130. The fourth-order valence-electron chi connectivity index (χ4n) is 2.15. The van der Waals surface area contributed by atoms with E-state index in [1.165, 1.54) is 11.2 Å². The fourth-order valence-corrected chi connectivity index (χ4v) is 2.35. The van der Waals surface area contributed by atoms with Gasteiger partial charge in [0, 0.05) is 12.5 Å². The number of imide groups is 1. The average molecular weight is 266 g/mol. The molecule has 0 saturated carbocycles. The monoisotopic (exact) mass is 266 g/mol. The number of furan rings is 1. The highest BCUT2D eigenvalue weighted by Gasteiger charge is 2.37. The lowest BCUT2D eigenvalue weighted by atomic mass is 10.0. The molecule has 0 aliphatic carbocycles. The largest absolute Gasteiger partial charge is 0.468 e. The number of hydrogen-bond acceptors (Lipinski definition) is 4. The zero-order valence-corrected chi connectivity index (χ0v) is 10.8. The van der Waals surface area contributed by atoms with Crippen molar-refractivity contribution in [3.63, 3.8) is 0 Å². The van der Waals surface area contributed by atoms with E-state index in [2.05, 4.69) is 0 Å². The van der Waals surface area contributed by atoms with Gasteiger partial charge in [-0.05, 0) is 12.5 Å². The van der Waals surface area contributed by atoms with Crippen molar-refractivity contribution in [2.75, 3.05) is 0 Å². The third-order valence-electron chi connectivity index (χ3n) is 3.05. The standard InChI is InChI=1S/C12H14N2O3S/c1-2-7(5-10(13)18)14-11(15)6-9-8(12(14)16)3-4-17-9/h3-4,7H,2,5-6H2,1H3,(H2,13,18). The number of nitrogens with two attached hydrogens (primary N) is 1. The van der Waals surface area contributed by atoms with E-state index in [0.717, 1.165) is 0 Å². The fraction of sp³-hybridized carbons (Fsp3) is 0.417. The number of rotatable bonds is 4. The maximum Gasteiger partial charge on any atom is 0.264 e. The Labute approximate surface area is 110 Å². The van der Waals surface area contributed by atoms with E-state index in [-0.39, 0.29) is 24.3 Å². The third-order valence-corrected chi connectivity index (χ3v) is 3.21. The van der Waals surface area contributed by atoms with Crippen LogP contribution in [0, 0.1) is 0 Å². The molecule has 2 N–H and O–H groups in total. The molecule has 6 heteroatoms. The van der Waals surface area contributed by atoms with Gasteiger partial charge < -0.3 is 10.2 Å². The molecule has 1 aliphatic heterocycles. The van der Waals surface area contributed by atoms with Gasteiger partial charge in [-0.2, -0.15) is 0 Å². The average Bonchev–Trinajstić information content (AvgIpc) is 2.75. The number of amides is 2. The van der Waals surface area contributed by atoms with Crippen molar-refractivity contribution in [2.45, 2.75) is 32.2 Å². The molecule has 2 amide bonds. The van der Waals surface area contributed by atoms with E-state index in [4.69, 9.17) is 22.4 Å². The first-order chi connectivity index (χ1) is 8.54. The first-order valence-corrected chi connectivity index (χ1v) is 6.16. The Bertz CT molecular complexity index is 509. The summed E-state index contributed by atoms with van der Waals surface area (Å²) in [6.45, 7) is 1.90. The highest BCUT2D eigenvalue weighted by Crippen LogP contribution is 2.24. The van der Waals surface area contributed by atoms with E-state index >= 15 is 0 Å². The van der Waals surface area contributed by atoms with Crippen molar-refractivity contribution in [3.05, 3.63) is 23.7 Å². The first kappa shape index (κ1) is 12.8. The second-order valence-electron chi connectivity index (χ2n) is 4.24. The van der Waals surface area contributed by atoms with Crippen LogP contribution in [0.1, 0.15) is 35.9 Å². The van der Waals surface area contributed by atoms with Gasteiger partial charge in [0.25, 0.3) is 5.91 Å². The molecule has 0 bridgehead atoms. The van der Waals surface area contributed by atoms with E-state index < -0.39 is 0 Å². The summed E-state index contributed by atoms with van der Waals surface area (Å²) in [6.07, 6.45) is 2.52. The molecule has 0 aromatic carbocycles. The number of carbonyl (C=O) groups is 2. The van der Waals surface area contributed by atoms with Crippen LogP contribution in [0.5, 0.6) is 0 Å². The third kappa shape index (κ3) is 2.15. The Morgan fingerprint density at radius 2 is 2.33 bits per heavy atom. The molecule has 18 heavy (non-hydrogen) atoms. The van der Waals surface area contributed by atoms with Gasteiger partial charge in [0.15, 0.2) is 0 Å². The van der Waals surface area contributed by atoms with Crippen molar-refractivity contribution >= 4 is 29.0 Å². The molecule has 2 heterocycles. The van der Waals surface area contributed by atoms with E-state index in [0.29, 0.717) is 29.2 Å². The quantitative estimate of drug-likeness (QED) is 0.656. The highest BCUT2D eigenvalue weighted by molar-refractivity contribution is 7.80. The molecule has 1 aromatic rings. The lowest BCUT2D eigenvalue weighted by Crippen LogP contribution is -2.49. The molecular formula is C12H14N2O3S. The minimum absolute atomic E-state index is 0.113.